The second-order valence-corrected chi connectivity index (χ2v) is 6.69. The molecule has 25 heavy (non-hydrogen) atoms. The summed E-state index contributed by atoms with van der Waals surface area (Å²) in [6, 6.07) is 5.33. The molecule has 0 aliphatic heterocycles. The molecule has 7 heteroatoms. The van der Waals surface area contributed by atoms with Crippen molar-refractivity contribution < 1.29 is 0 Å². The first-order valence-electron chi connectivity index (χ1n) is 7.85. The first-order chi connectivity index (χ1) is 11.8. The lowest BCUT2D eigenvalue weighted by atomic mass is 9.90. The van der Waals surface area contributed by atoms with E-state index in [9.17, 15) is 9.59 Å². The largest absolute Gasteiger partial charge is 0.348 e. The van der Waals surface area contributed by atoms with Gasteiger partial charge in [0.25, 0.3) is 11.1 Å². The van der Waals surface area contributed by atoms with Crippen LogP contribution < -0.4 is 21.8 Å². The van der Waals surface area contributed by atoms with E-state index < -0.39 is 11.1 Å². The van der Waals surface area contributed by atoms with Gasteiger partial charge in [0.1, 0.15) is 10.7 Å². The molecule has 0 amide bonds. The highest BCUT2D eigenvalue weighted by Gasteiger charge is 2.19. The molecule has 0 aliphatic rings. The number of aromatic amines is 3. The second kappa shape index (κ2) is 6.35. The summed E-state index contributed by atoms with van der Waals surface area (Å²) >= 11 is 0. The number of rotatable bonds is 2. The molecule has 128 valence electrons. The number of hydrogen-bond donors (Lipinski definition) is 3. The van der Waals surface area contributed by atoms with Crippen LogP contribution in [0, 0.1) is 0 Å². The molecule has 0 aliphatic carbocycles. The molecule has 3 N–H and O–H groups in total. The topological polar surface area (TPSA) is 107 Å². The van der Waals surface area contributed by atoms with Gasteiger partial charge in [-0.15, -0.1) is 0 Å². The Bertz CT molecular complexity index is 1110. The van der Waals surface area contributed by atoms with Crippen LogP contribution >= 0.6 is 0 Å². The van der Waals surface area contributed by atoms with Gasteiger partial charge < -0.3 is 15.0 Å². The van der Waals surface area contributed by atoms with Crippen LogP contribution in [0.25, 0.3) is 12.2 Å². The number of H-pyrrole nitrogens is 3. The van der Waals surface area contributed by atoms with Crippen LogP contribution in [-0.2, 0) is 5.41 Å². The molecule has 0 saturated carbocycles. The third kappa shape index (κ3) is 3.65. The summed E-state index contributed by atoms with van der Waals surface area (Å²) in [6.07, 6.45) is 6.29. The third-order valence-corrected chi connectivity index (χ3v) is 3.67. The summed E-state index contributed by atoms with van der Waals surface area (Å²) in [5.74, 6) is 0. The van der Waals surface area contributed by atoms with Crippen molar-refractivity contribution in [2.75, 3.05) is 0 Å². The summed E-state index contributed by atoms with van der Waals surface area (Å²) in [6.45, 7) is 6.11. The summed E-state index contributed by atoms with van der Waals surface area (Å²) in [5, 5.41) is 0.305. The maximum Gasteiger partial charge on any atom is 0.272 e. The minimum atomic E-state index is -0.399. The lowest BCUT2D eigenvalue weighted by Gasteiger charge is -2.16. The summed E-state index contributed by atoms with van der Waals surface area (Å²) in [7, 11) is 0. The summed E-state index contributed by atoms with van der Waals surface area (Å²) in [4.78, 5) is 41.3. The van der Waals surface area contributed by atoms with Gasteiger partial charge in [-0.2, -0.15) is 0 Å². The van der Waals surface area contributed by atoms with Crippen LogP contribution in [0.2, 0.25) is 0 Å². The highest BCUT2D eigenvalue weighted by atomic mass is 16.1. The van der Waals surface area contributed by atoms with Crippen molar-refractivity contribution in [1.29, 1.82) is 0 Å². The predicted molar refractivity (Wildman–Crippen MR) is 95.6 cm³/mol. The van der Waals surface area contributed by atoms with Crippen LogP contribution in [0.3, 0.4) is 0 Å². The number of nitrogens with zero attached hydrogens (tertiary/aromatic N) is 2. The van der Waals surface area contributed by atoms with Crippen molar-refractivity contribution in [3.8, 4) is 0 Å². The SMILES string of the molecule is CC(C)(C)c1[nH]cnc1C=c1[nH]c(=O)c(=Cc2ccccn2)[nH]c1=O. The fourth-order valence-corrected chi connectivity index (χ4v) is 2.46. The number of imidazole rings is 1. The second-order valence-electron chi connectivity index (χ2n) is 6.69. The molecule has 3 rings (SSSR count). The smallest absolute Gasteiger partial charge is 0.272 e. The van der Waals surface area contributed by atoms with Gasteiger partial charge in [0.2, 0.25) is 0 Å². The van der Waals surface area contributed by atoms with Crippen LogP contribution in [0.4, 0.5) is 0 Å². The zero-order valence-electron chi connectivity index (χ0n) is 14.3. The van der Waals surface area contributed by atoms with Gasteiger partial charge in [-0.05, 0) is 24.3 Å². The number of pyridine rings is 1. The molecule has 0 unspecified atom stereocenters. The van der Waals surface area contributed by atoms with Gasteiger partial charge in [0.15, 0.2) is 0 Å². The zero-order chi connectivity index (χ0) is 18.0. The first kappa shape index (κ1) is 16.6. The number of aromatic nitrogens is 5. The molecule has 3 aromatic rings. The lowest BCUT2D eigenvalue weighted by Crippen LogP contribution is -2.46. The zero-order valence-corrected chi connectivity index (χ0v) is 14.3. The van der Waals surface area contributed by atoms with Crippen LogP contribution in [0.15, 0.2) is 40.3 Å². The Hall–Kier alpha value is -3.22. The van der Waals surface area contributed by atoms with Gasteiger partial charge in [0.05, 0.1) is 17.7 Å². The number of nitrogens with one attached hydrogen (secondary N) is 3. The van der Waals surface area contributed by atoms with Gasteiger partial charge in [-0.3, -0.25) is 14.6 Å². The highest BCUT2D eigenvalue weighted by Crippen LogP contribution is 2.22. The molecular weight excluding hydrogens is 318 g/mol. The van der Waals surface area contributed by atoms with Gasteiger partial charge in [0, 0.05) is 17.3 Å². The standard InChI is InChI=1S/C18H19N5O2/c1-18(2,3)15-12(20-10-21-15)9-14-17(25)22-13(16(24)23-14)8-11-6-4-5-7-19-11/h4-10H,1-3H3,(H,20,21)(H,22,25)(H,23,24). The Morgan fingerprint density at radius 3 is 2.24 bits per heavy atom. The molecule has 0 spiro atoms. The minimum Gasteiger partial charge on any atom is -0.348 e. The molecular formula is C18H19N5O2. The molecule has 0 bridgehead atoms. The van der Waals surface area contributed by atoms with Crippen LogP contribution in [0.1, 0.15) is 37.9 Å². The normalized spacial score (nSPS) is 13.4. The van der Waals surface area contributed by atoms with Crippen LogP contribution in [-0.4, -0.2) is 24.9 Å². The van der Waals surface area contributed by atoms with Crippen LogP contribution in [0.5, 0.6) is 0 Å². The molecule has 0 aromatic carbocycles. The van der Waals surface area contributed by atoms with E-state index in [0.717, 1.165) is 5.69 Å². The summed E-state index contributed by atoms with van der Waals surface area (Å²) < 4.78 is 0. The Kier molecular flexibility index (Phi) is 4.22. The molecule has 0 saturated heterocycles. The average molecular weight is 337 g/mol. The van der Waals surface area contributed by atoms with E-state index in [1.807, 2.05) is 20.8 Å². The highest BCUT2D eigenvalue weighted by molar-refractivity contribution is 5.48. The Morgan fingerprint density at radius 1 is 0.960 bits per heavy atom. The fourth-order valence-electron chi connectivity index (χ4n) is 2.46. The van der Waals surface area contributed by atoms with Gasteiger partial charge in [-0.1, -0.05) is 26.8 Å². The maximum atomic E-state index is 12.3. The van der Waals surface area contributed by atoms with Crippen molar-refractivity contribution in [1.82, 2.24) is 24.9 Å². The Morgan fingerprint density at radius 2 is 1.64 bits per heavy atom. The fraction of sp³-hybridized carbons (Fsp3) is 0.222. The number of hydrogen-bond acceptors (Lipinski definition) is 4. The molecule has 0 radical (unpaired) electrons. The third-order valence-electron chi connectivity index (χ3n) is 3.67. The van der Waals surface area contributed by atoms with Crippen molar-refractivity contribution in [3.63, 3.8) is 0 Å². The van der Waals surface area contributed by atoms with E-state index in [1.165, 1.54) is 6.08 Å². The van der Waals surface area contributed by atoms with Crippen molar-refractivity contribution in [3.05, 3.63) is 79.2 Å². The van der Waals surface area contributed by atoms with Gasteiger partial charge >= 0.3 is 0 Å². The minimum absolute atomic E-state index is 0.152. The van der Waals surface area contributed by atoms with E-state index in [1.54, 1.807) is 36.8 Å². The van der Waals surface area contributed by atoms with E-state index in [4.69, 9.17) is 0 Å². The van der Waals surface area contributed by atoms with E-state index in [-0.39, 0.29) is 16.1 Å². The average Bonchev–Trinajstić information content (AvgIpc) is 3.02. The van der Waals surface area contributed by atoms with Crippen molar-refractivity contribution in [2.45, 2.75) is 26.2 Å². The Labute approximate surface area is 143 Å². The molecule has 3 aromatic heterocycles. The Balaban J connectivity index is 2.14. The summed E-state index contributed by atoms with van der Waals surface area (Å²) in [5.41, 5.74) is 1.13. The monoisotopic (exact) mass is 337 g/mol. The maximum absolute atomic E-state index is 12.3. The van der Waals surface area contributed by atoms with E-state index in [0.29, 0.717) is 11.4 Å². The quantitative estimate of drug-likeness (QED) is 0.618. The van der Waals surface area contributed by atoms with Gasteiger partial charge in [-0.25, -0.2) is 4.98 Å². The molecule has 3 heterocycles. The van der Waals surface area contributed by atoms with E-state index in [2.05, 4.69) is 24.9 Å². The molecule has 0 fully saturated rings. The molecule has 7 nitrogen and oxygen atoms in total. The first-order valence-corrected chi connectivity index (χ1v) is 7.85. The lowest BCUT2D eigenvalue weighted by molar-refractivity contribution is 0.571. The van der Waals surface area contributed by atoms with E-state index >= 15 is 0 Å². The van der Waals surface area contributed by atoms with Crippen molar-refractivity contribution >= 4 is 12.2 Å². The molecule has 0 atom stereocenters. The predicted octanol–water partition coefficient (Wildman–Crippen LogP) is 0.136. The van der Waals surface area contributed by atoms with Crippen molar-refractivity contribution in [2.24, 2.45) is 0 Å².